The van der Waals surface area contributed by atoms with E-state index in [0.717, 1.165) is 33.3 Å². The molecular formula is C15H24Cl2I2N2O. The Morgan fingerprint density at radius 3 is 1.95 bits per heavy atom. The highest BCUT2D eigenvalue weighted by molar-refractivity contribution is 14.1. The van der Waals surface area contributed by atoms with Gasteiger partial charge in [-0.1, -0.05) is 20.8 Å². The van der Waals surface area contributed by atoms with Crippen molar-refractivity contribution in [3.8, 4) is 5.75 Å². The van der Waals surface area contributed by atoms with Crippen molar-refractivity contribution in [2.24, 2.45) is 5.41 Å². The predicted octanol–water partition coefficient (Wildman–Crippen LogP) is 4.44. The summed E-state index contributed by atoms with van der Waals surface area (Å²) in [6.45, 7) is 11.2. The lowest BCUT2D eigenvalue weighted by atomic mass is 9.81. The molecule has 0 bridgehead atoms. The fourth-order valence-electron chi connectivity index (χ4n) is 2.94. The van der Waals surface area contributed by atoms with Crippen LogP contribution >= 0.6 is 70.0 Å². The van der Waals surface area contributed by atoms with Crippen LogP contribution in [-0.2, 0) is 0 Å². The molecule has 3 nitrogen and oxygen atoms in total. The fraction of sp³-hybridized carbons (Fsp3) is 0.600. The van der Waals surface area contributed by atoms with Crippen LogP contribution < -0.4 is 5.32 Å². The summed E-state index contributed by atoms with van der Waals surface area (Å²) < 4.78 is 1.88. The van der Waals surface area contributed by atoms with E-state index < -0.39 is 0 Å². The van der Waals surface area contributed by atoms with Crippen LogP contribution in [0.2, 0.25) is 0 Å². The van der Waals surface area contributed by atoms with Gasteiger partial charge in [-0.05, 0) is 68.3 Å². The Morgan fingerprint density at radius 1 is 1.09 bits per heavy atom. The van der Waals surface area contributed by atoms with E-state index in [-0.39, 0.29) is 30.2 Å². The SMILES string of the molecule is CC(C)(C)[C@@H](c1cc(I)c(O)c(I)c1)N1CCNCC1.Cl.Cl. The largest absolute Gasteiger partial charge is 0.506 e. The summed E-state index contributed by atoms with van der Waals surface area (Å²) in [5.74, 6) is 0.405. The summed E-state index contributed by atoms with van der Waals surface area (Å²) >= 11 is 4.44. The van der Waals surface area contributed by atoms with Gasteiger partial charge in [0.1, 0.15) is 5.75 Å². The number of phenolic OH excluding ortho intramolecular Hbond substituents is 1. The van der Waals surface area contributed by atoms with Gasteiger partial charge in [-0.25, -0.2) is 0 Å². The van der Waals surface area contributed by atoms with Crippen molar-refractivity contribution >= 4 is 70.0 Å². The van der Waals surface area contributed by atoms with Crippen molar-refractivity contribution in [1.29, 1.82) is 0 Å². The van der Waals surface area contributed by atoms with Crippen LogP contribution in [0, 0.1) is 12.6 Å². The van der Waals surface area contributed by atoms with Gasteiger partial charge in [0.2, 0.25) is 0 Å². The fourth-order valence-corrected chi connectivity index (χ4v) is 4.76. The number of phenols is 1. The van der Waals surface area contributed by atoms with E-state index in [2.05, 4.69) is 88.3 Å². The maximum atomic E-state index is 9.99. The molecule has 0 radical (unpaired) electrons. The normalized spacial score (nSPS) is 17.3. The number of rotatable bonds is 2. The molecule has 1 fully saturated rings. The van der Waals surface area contributed by atoms with Crippen molar-refractivity contribution in [1.82, 2.24) is 10.2 Å². The summed E-state index contributed by atoms with van der Waals surface area (Å²) in [5, 5.41) is 13.4. The lowest BCUT2D eigenvalue weighted by molar-refractivity contribution is 0.0861. The molecule has 0 aromatic heterocycles. The standard InChI is InChI=1S/C15H22I2N2O.2ClH/c1-15(2,3)14(19-6-4-18-5-7-19)10-8-11(16)13(20)12(17)9-10;;/h8-9,14,18,20H,4-7H2,1-3H3;2*1H/t14-;;/m1../s1. The van der Waals surface area contributed by atoms with E-state index >= 15 is 0 Å². The van der Waals surface area contributed by atoms with Crippen LogP contribution in [0.4, 0.5) is 0 Å². The van der Waals surface area contributed by atoms with Crippen molar-refractivity contribution in [3.63, 3.8) is 0 Å². The number of nitrogens with zero attached hydrogens (tertiary/aromatic N) is 1. The van der Waals surface area contributed by atoms with Crippen molar-refractivity contribution in [2.75, 3.05) is 26.2 Å². The van der Waals surface area contributed by atoms with E-state index in [1.807, 2.05) is 0 Å². The number of nitrogens with one attached hydrogen (secondary N) is 1. The Hall–Kier alpha value is 0.980. The van der Waals surface area contributed by atoms with E-state index in [1.54, 1.807) is 0 Å². The quantitative estimate of drug-likeness (QED) is 0.515. The molecule has 22 heavy (non-hydrogen) atoms. The molecule has 0 aliphatic carbocycles. The third-order valence-corrected chi connectivity index (χ3v) is 5.34. The maximum absolute atomic E-state index is 9.99. The smallest absolute Gasteiger partial charge is 0.142 e. The van der Waals surface area contributed by atoms with Crippen LogP contribution in [0.3, 0.4) is 0 Å². The molecule has 2 rings (SSSR count). The van der Waals surface area contributed by atoms with Gasteiger partial charge in [-0.3, -0.25) is 4.90 Å². The average Bonchev–Trinajstić information content (AvgIpc) is 2.35. The van der Waals surface area contributed by atoms with E-state index in [4.69, 9.17) is 0 Å². The molecule has 1 aromatic carbocycles. The highest BCUT2D eigenvalue weighted by Crippen LogP contribution is 2.40. The first-order chi connectivity index (χ1) is 9.30. The van der Waals surface area contributed by atoms with Crippen molar-refractivity contribution in [2.45, 2.75) is 26.8 Å². The summed E-state index contributed by atoms with van der Waals surface area (Å²) in [6, 6.07) is 4.65. The Bertz CT molecular complexity index is 466. The second-order valence-electron chi connectivity index (χ2n) is 6.39. The number of hydrogen-bond acceptors (Lipinski definition) is 3. The van der Waals surface area contributed by atoms with E-state index in [0.29, 0.717) is 11.8 Å². The monoisotopic (exact) mass is 572 g/mol. The zero-order chi connectivity index (χ0) is 14.9. The minimum Gasteiger partial charge on any atom is -0.506 e. The van der Waals surface area contributed by atoms with Crippen LogP contribution in [-0.4, -0.2) is 36.2 Å². The number of hydrogen-bond donors (Lipinski definition) is 2. The number of halogens is 4. The average molecular weight is 573 g/mol. The Balaban J connectivity index is 0.00000220. The number of benzene rings is 1. The van der Waals surface area contributed by atoms with Gasteiger partial charge in [-0.2, -0.15) is 0 Å². The molecule has 1 saturated heterocycles. The van der Waals surface area contributed by atoms with Crippen molar-refractivity contribution < 1.29 is 5.11 Å². The highest BCUT2D eigenvalue weighted by Gasteiger charge is 2.33. The zero-order valence-corrected chi connectivity index (χ0v) is 19.0. The second-order valence-corrected chi connectivity index (χ2v) is 8.71. The van der Waals surface area contributed by atoms with Crippen LogP contribution in [0.15, 0.2) is 12.1 Å². The molecule has 7 heteroatoms. The van der Waals surface area contributed by atoms with Gasteiger partial charge in [-0.15, -0.1) is 24.8 Å². The Labute approximate surface area is 173 Å². The molecule has 1 heterocycles. The van der Waals surface area contributed by atoms with Gasteiger partial charge >= 0.3 is 0 Å². The van der Waals surface area contributed by atoms with Gasteiger partial charge in [0, 0.05) is 32.2 Å². The molecule has 0 saturated carbocycles. The lowest BCUT2D eigenvalue weighted by Gasteiger charge is -2.42. The molecule has 1 aliphatic heterocycles. The molecular weight excluding hydrogens is 549 g/mol. The maximum Gasteiger partial charge on any atom is 0.142 e. The summed E-state index contributed by atoms with van der Waals surface area (Å²) in [5.41, 5.74) is 1.48. The van der Waals surface area contributed by atoms with Crippen LogP contribution in [0.25, 0.3) is 0 Å². The highest BCUT2D eigenvalue weighted by atomic mass is 127. The first-order valence-corrected chi connectivity index (χ1v) is 9.09. The minimum atomic E-state index is 0. The molecule has 1 aromatic rings. The van der Waals surface area contributed by atoms with E-state index in [9.17, 15) is 5.11 Å². The molecule has 128 valence electrons. The molecule has 1 aliphatic rings. The number of aromatic hydroxyl groups is 1. The zero-order valence-electron chi connectivity index (χ0n) is 13.0. The van der Waals surface area contributed by atoms with Crippen molar-refractivity contribution in [3.05, 3.63) is 24.8 Å². The topological polar surface area (TPSA) is 35.5 Å². The lowest BCUT2D eigenvalue weighted by Crippen LogP contribution is -2.48. The molecule has 1 atom stereocenters. The number of piperazine rings is 1. The Kier molecular flexibility index (Phi) is 9.88. The van der Waals surface area contributed by atoms with Gasteiger partial charge in [0.25, 0.3) is 0 Å². The Morgan fingerprint density at radius 2 is 1.55 bits per heavy atom. The second kappa shape index (κ2) is 9.46. The first-order valence-electron chi connectivity index (χ1n) is 6.93. The van der Waals surface area contributed by atoms with Crippen LogP contribution in [0.5, 0.6) is 5.75 Å². The summed E-state index contributed by atoms with van der Waals surface area (Å²) in [4.78, 5) is 2.56. The van der Waals surface area contributed by atoms with Crippen LogP contribution in [0.1, 0.15) is 32.4 Å². The first kappa shape index (κ1) is 23.0. The molecule has 0 amide bonds. The third-order valence-electron chi connectivity index (χ3n) is 3.69. The summed E-state index contributed by atoms with van der Waals surface area (Å²) in [7, 11) is 0. The van der Waals surface area contributed by atoms with Gasteiger partial charge in [0.05, 0.1) is 7.14 Å². The van der Waals surface area contributed by atoms with E-state index in [1.165, 1.54) is 5.56 Å². The molecule has 2 N–H and O–H groups in total. The minimum absolute atomic E-state index is 0. The predicted molar refractivity (Wildman–Crippen MR) is 115 cm³/mol. The third kappa shape index (κ3) is 5.51. The summed E-state index contributed by atoms with van der Waals surface area (Å²) in [6.07, 6.45) is 0. The van der Waals surface area contributed by atoms with Gasteiger partial charge in [0.15, 0.2) is 0 Å². The molecule has 0 spiro atoms. The molecule has 0 unspecified atom stereocenters. The van der Waals surface area contributed by atoms with Gasteiger partial charge < -0.3 is 10.4 Å².